The Bertz CT molecular complexity index is 735. The molecule has 3 heteroatoms. The molecule has 0 saturated heterocycles. The van der Waals surface area contributed by atoms with Crippen LogP contribution in [0.2, 0.25) is 0 Å². The minimum atomic E-state index is -0.130. The maximum Gasteiger partial charge on any atom is 0.0706 e. The van der Waals surface area contributed by atoms with Gasteiger partial charge < -0.3 is 5.73 Å². The number of nitrogens with zero attached hydrogens (tertiary/aromatic N) is 2. The third-order valence-electron chi connectivity index (χ3n) is 3.72. The lowest BCUT2D eigenvalue weighted by Gasteiger charge is -2.12. The Hall–Kier alpha value is -2.26. The maximum atomic E-state index is 6.29. The fourth-order valence-corrected chi connectivity index (χ4v) is 2.40. The van der Waals surface area contributed by atoms with E-state index in [1.54, 1.807) is 0 Å². The van der Waals surface area contributed by atoms with Crippen LogP contribution >= 0.6 is 0 Å². The van der Waals surface area contributed by atoms with Crippen LogP contribution in [0.1, 0.15) is 29.9 Å². The van der Waals surface area contributed by atoms with Crippen molar-refractivity contribution in [2.75, 3.05) is 0 Å². The van der Waals surface area contributed by atoms with Crippen LogP contribution in [-0.2, 0) is 12.8 Å². The fourth-order valence-electron chi connectivity index (χ4n) is 2.40. The molecule has 21 heavy (non-hydrogen) atoms. The van der Waals surface area contributed by atoms with E-state index in [2.05, 4.69) is 41.2 Å². The lowest BCUT2D eigenvalue weighted by Crippen LogP contribution is -2.15. The Balaban J connectivity index is 1.80. The topological polar surface area (TPSA) is 51.8 Å². The van der Waals surface area contributed by atoms with Gasteiger partial charge in [0, 0.05) is 23.7 Å². The van der Waals surface area contributed by atoms with Gasteiger partial charge in [-0.15, -0.1) is 0 Å². The average molecular weight is 277 g/mol. The molecule has 106 valence electrons. The van der Waals surface area contributed by atoms with Crippen LogP contribution in [-0.4, -0.2) is 9.97 Å². The molecule has 0 spiro atoms. The zero-order chi connectivity index (χ0) is 14.7. The molecule has 3 rings (SSSR count). The Morgan fingerprint density at radius 3 is 2.67 bits per heavy atom. The van der Waals surface area contributed by atoms with Gasteiger partial charge in [-0.1, -0.05) is 37.3 Å². The number of hydrogen-bond acceptors (Lipinski definition) is 3. The van der Waals surface area contributed by atoms with Crippen molar-refractivity contribution in [1.29, 1.82) is 0 Å². The number of aryl methyl sites for hydroxylation is 1. The number of aromatic nitrogens is 2. The van der Waals surface area contributed by atoms with Crippen molar-refractivity contribution < 1.29 is 0 Å². The number of benzene rings is 1. The zero-order valence-corrected chi connectivity index (χ0v) is 12.2. The molecule has 0 aliphatic heterocycles. The molecule has 2 heterocycles. The van der Waals surface area contributed by atoms with E-state index < -0.39 is 0 Å². The van der Waals surface area contributed by atoms with Gasteiger partial charge in [0.2, 0.25) is 0 Å². The van der Waals surface area contributed by atoms with E-state index in [1.165, 1.54) is 5.56 Å². The van der Waals surface area contributed by atoms with Gasteiger partial charge in [0.1, 0.15) is 0 Å². The van der Waals surface area contributed by atoms with Crippen molar-refractivity contribution >= 4 is 10.9 Å². The lowest BCUT2D eigenvalue weighted by atomic mass is 10.1. The van der Waals surface area contributed by atoms with Gasteiger partial charge in [-0.2, -0.15) is 0 Å². The molecule has 1 unspecified atom stereocenters. The second-order valence-corrected chi connectivity index (χ2v) is 5.25. The summed E-state index contributed by atoms with van der Waals surface area (Å²) >= 11 is 0. The van der Waals surface area contributed by atoms with Crippen LogP contribution in [0, 0.1) is 0 Å². The summed E-state index contributed by atoms with van der Waals surface area (Å²) in [6.07, 6.45) is 3.64. The van der Waals surface area contributed by atoms with E-state index in [0.29, 0.717) is 6.42 Å². The van der Waals surface area contributed by atoms with Gasteiger partial charge >= 0.3 is 0 Å². The molecule has 0 aliphatic rings. The van der Waals surface area contributed by atoms with Gasteiger partial charge in [0.15, 0.2) is 0 Å². The summed E-state index contributed by atoms with van der Waals surface area (Å²) in [4.78, 5) is 9.12. The van der Waals surface area contributed by atoms with E-state index in [0.717, 1.165) is 28.7 Å². The first-order valence-corrected chi connectivity index (χ1v) is 7.31. The first-order valence-electron chi connectivity index (χ1n) is 7.31. The van der Waals surface area contributed by atoms with E-state index >= 15 is 0 Å². The highest BCUT2D eigenvalue weighted by Crippen LogP contribution is 2.18. The maximum absolute atomic E-state index is 6.29. The quantitative estimate of drug-likeness (QED) is 0.795. The second kappa shape index (κ2) is 6.02. The largest absolute Gasteiger partial charge is 0.322 e. The van der Waals surface area contributed by atoms with Crippen molar-refractivity contribution in [3.63, 3.8) is 0 Å². The Morgan fingerprint density at radius 1 is 1.05 bits per heavy atom. The highest BCUT2D eigenvalue weighted by molar-refractivity contribution is 5.78. The molecule has 1 atom stereocenters. The van der Waals surface area contributed by atoms with Gasteiger partial charge in [-0.25, -0.2) is 0 Å². The van der Waals surface area contributed by atoms with E-state index in [9.17, 15) is 0 Å². The van der Waals surface area contributed by atoms with Crippen LogP contribution in [0.4, 0.5) is 0 Å². The minimum absolute atomic E-state index is 0.130. The summed E-state index contributed by atoms with van der Waals surface area (Å²) in [5.74, 6) is 0. The molecular weight excluding hydrogens is 258 g/mol. The summed E-state index contributed by atoms with van der Waals surface area (Å²) in [6, 6.07) is 16.2. The van der Waals surface area contributed by atoms with Gasteiger partial charge in [-0.05, 0) is 30.2 Å². The molecular formula is C18H19N3. The Labute approximate surface area is 124 Å². The summed E-state index contributed by atoms with van der Waals surface area (Å²) in [5, 5.41) is 1.14. The molecule has 0 aliphatic carbocycles. The lowest BCUT2D eigenvalue weighted by molar-refractivity contribution is 0.686. The Morgan fingerprint density at radius 2 is 1.90 bits per heavy atom. The van der Waals surface area contributed by atoms with Crippen molar-refractivity contribution in [3.8, 4) is 0 Å². The molecule has 3 nitrogen and oxygen atoms in total. The summed E-state index contributed by atoms with van der Waals surface area (Å²) in [7, 11) is 0. The van der Waals surface area contributed by atoms with Gasteiger partial charge in [0.05, 0.1) is 17.3 Å². The normalized spacial score (nSPS) is 12.5. The number of rotatable bonds is 4. The zero-order valence-electron chi connectivity index (χ0n) is 12.2. The predicted octanol–water partition coefficient (Wildman–Crippen LogP) is 3.43. The third kappa shape index (κ3) is 3.09. The van der Waals surface area contributed by atoms with E-state index in [4.69, 9.17) is 5.73 Å². The number of nitrogens with two attached hydrogens (primary N) is 1. The van der Waals surface area contributed by atoms with Crippen LogP contribution in [0.5, 0.6) is 0 Å². The first-order chi connectivity index (χ1) is 10.3. The average Bonchev–Trinajstić information content (AvgIpc) is 2.55. The number of hydrogen-bond donors (Lipinski definition) is 1. The summed E-state index contributed by atoms with van der Waals surface area (Å²) < 4.78 is 0. The molecule has 0 bridgehead atoms. The standard InChI is InChI=1S/C18H19N3/c1-2-13-7-9-15(20-12-13)11-16(19)18-10-8-14-5-3-4-6-17(14)21-18/h3-10,12,16H,2,11,19H2,1H3. The summed E-state index contributed by atoms with van der Waals surface area (Å²) in [5.41, 5.74) is 10.4. The van der Waals surface area contributed by atoms with Crippen LogP contribution in [0.3, 0.4) is 0 Å². The van der Waals surface area contributed by atoms with Crippen molar-refractivity contribution in [2.24, 2.45) is 5.73 Å². The monoisotopic (exact) mass is 277 g/mol. The van der Waals surface area contributed by atoms with Gasteiger partial charge in [-0.3, -0.25) is 9.97 Å². The van der Waals surface area contributed by atoms with Crippen LogP contribution < -0.4 is 5.73 Å². The summed E-state index contributed by atoms with van der Waals surface area (Å²) in [6.45, 7) is 2.13. The fraction of sp³-hybridized carbons (Fsp3) is 0.222. The molecule has 2 aromatic heterocycles. The van der Waals surface area contributed by atoms with Crippen LogP contribution in [0.25, 0.3) is 10.9 Å². The highest BCUT2D eigenvalue weighted by Gasteiger charge is 2.10. The third-order valence-corrected chi connectivity index (χ3v) is 3.72. The number of fused-ring (bicyclic) bond motifs is 1. The number of pyridine rings is 2. The second-order valence-electron chi connectivity index (χ2n) is 5.25. The molecule has 2 N–H and O–H groups in total. The van der Waals surface area contributed by atoms with Crippen LogP contribution in [0.15, 0.2) is 54.7 Å². The van der Waals surface area contributed by atoms with E-state index in [1.807, 2.05) is 30.5 Å². The molecule has 0 fully saturated rings. The minimum Gasteiger partial charge on any atom is -0.322 e. The van der Waals surface area contributed by atoms with Gasteiger partial charge in [0.25, 0.3) is 0 Å². The van der Waals surface area contributed by atoms with Crippen molar-refractivity contribution in [3.05, 3.63) is 71.7 Å². The molecule has 0 saturated carbocycles. The molecule has 1 aromatic carbocycles. The first kappa shape index (κ1) is 13.7. The molecule has 0 amide bonds. The molecule has 3 aromatic rings. The SMILES string of the molecule is CCc1ccc(CC(N)c2ccc3ccccc3n2)nc1. The van der Waals surface area contributed by atoms with Crippen molar-refractivity contribution in [1.82, 2.24) is 9.97 Å². The Kier molecular flexibility index (Phi) is 3.93. The molecule has 0 radical (unpaired) electrons. The van der Waals surface area contributed by atoms with Crippen molar-refractivity contribution in [2.45, 2.75) is 25.8 Å². The number of para-hydroxylation sites is 1. The van der Waals surface area contributed by atoms with E-state index in [-0.39, 0.29) is 6.04 Å². The highest BCUT2D eigenvalue weighted by atomic mass is 14.8. The smallest absolute Gasteiger partial charge is 0.0706 e. The predicted molar refractivity (Wildman–Crippen MR) is 86.0 cm³/mol.